The molecule has 0 aliphatic carbocycles. The van der Waals surface area contributed by atoms with Gasteiger partial charge in [0.2, 0.25) is 5.91 Å². The highest BCUT2D eigenvalue weighted by atomic mass is 32.1. The predicted molar refractivity (Wildman–Crippen MR) is 123 cm³/mol. The summed E-state index contributed by atoms with van der Waals surface area (Å²) in [5.74, 6) is -0.00622. The van der Waals surface area contributed by atoms with E-state index in [0.29, 0.717) is 11.6 Å². The number of aromatic amines is 1. The first kappa shape index (κ1) is 18.5. The Hall–Kier alpha value is -3.51. The van der Waals surface area contributed by atoms with E-state index in [2.05, 4.69) is 32.4 Å². The normalized spacial score (nSPS) is 11.2. The fourth-order valence-electron chi connectivity index (χ4n) is 3.72. The van der Waals surface area contributed by atoms with E-state index in [1.54, 1.807) is 6.20 Å². The van der Waals surface area contributed by atoms with E-state index in [1.807, 2.05) is 54.6 Å². The first-order valence-corrected chi connectivity index (χ1v) is 10.8. The molecule has 5 aromatic rings. The van der Waals surface area contributed by atoms with Gasteiger partial charge >= 0.3 is 0 Å². The Labute approximate surface area is 177 Å². The SMILES string of the molecule is O=C(CCCc1c(-c2ccccn2)[nH]c2ccccc12)Nc1nc2ccccc2s1. The van der Waals surface area contributed by atoms with Crippen molar-refractivity contribution in [2.24, 2.45) is 0 Å². The zero-order valence-corrected chi connectivity index (χ0v) is 17.1. The summed E-state index contributed by atoms with van der Waals surface area (Å²) in [4.78, 5) is 25.0. The van der Waals surface area contributed by atoms with Crippen molar-refractivity contribution in [1.82, 2.24) is 15.0 Å². The molecule has 148 valence electrons. The Morgan fingerprint density at radius 1 is 1.00 bits per heavy atom. The zero-order chi connectivity index (χ0) is 20.3. The maximum atomic E-state index is 12.5. The third-order valence-corrected chi connectivity index (χ3v) is 6.06. The summed E-state index contributed by atoms with van der Waals surface area (Å²) in [7, 11) is 0. The summed E-state index contributed by atoms with van der Waals surface area (Å²) in [5, 5.41) is 4.78. The molecule has 0 bridgehead atoms. The van der Waals surface area contributed by atoms with Crippen molar-refractivity contribution < 1.29 is 4.79 Å². The number of thiazole rings is 1. The second kappa shape index (κ2) is 8.08. The smallest absolute Gasteiger partial charge is 0.226 e. The molecule has 0 saturated carbocycles. The molecule has 0 spiro atoms. The van der Waals surface area contributed by atoms with E-state index < -0.39 is 0 Å². The quantitative estimate of drug-likeness (QED) is 0.370. The van der Waals surface area contributed by atoms with Crippen LogP contribution in [0.1, 0.15) is 18.4 Å². The number of nitrogens with zero attached hydrogens (tertiary/aromatic N) is 2. The van der Waals surface area contributed by atoms with Crippen molar-refractivity contribution in [3.8, 4) is 11.4 Å². The maximum absolute atomic E-state index is 12.5. The van der Waals surface area contributed by atoms with Crippen molar-refractivity contribution >= 4 is 43.5 Å². The van der Waals surface area contributed by atoms with Crippen LogP contribution in [0.2, 0.25) is 0 Å². The first-order valence-electron chi connectivity index (χ1n) is 9.94. The number of aryl methyl sites for hydroxylation is 1. The van der Waals surface area contributed by atoms with Crippen LogP contribution in [-0.2, 0) is 11.2 Å². The standard InChI is InChI=1S/C24H20N4OS/c29-22(28-24-27-19-11-3-4-13-21(19)30-24)14-7-9-17-16-8-1-2-10-18(16)26-23(17)20-12-5-6-15-25-20/h1-6,8,10-13,15,26H,7,9,14H2,(H,27,28,29). The number of amides is 1. The number of aromatic nitrogens is 3. The van der Waals surface area contributed by atoms with Crippen LogP contribution in [0.5, 0.6) is 0 Å². The van der Waals surface area contributed by atoms with Crippen LogP contribution in [0.3, 0.4) is 0 Å². The average Bonchev–Trinajstić information content (AvgIpc) is 3.35. The average molecular weight is 413 g/mol. The number of pyridine rings is 1. The number of fused-ring (bicyclic) bond motifs is 2. The van der Waals surface area contributed by atoms with Gasteiger partial charge in [-0.1, -0.05) is 47.7 Å². The topological polar surface area (TPSA) is 70.7 Å². The molecule has 6 heteroatoms. The third-order valence-electron chi connectivity index (χ3n) is 5.11. The van der Waals surface area contributed by atoms with Crippen LogP contribution in [0.15, 0.2) is 72.9 Å². The van der Waals surface area contributed by atoms with Crippen molar-refractivity contribution in [2.75, 3.05) is 5.32 Å². The van der Waals surface area contributed by atoms with Crippen LogP contribution >= 0.6 is 11.3 Å². The lowest BCUT2D eigenvalue weighted by Gasteiger charge is -2.05. The predicted octanol–water partition coefficient (Wildman–Crippen LogP) is 5.80. The Morgan fingerprint density at radius 3 is 2.70 bits per heavy atom. The third kappa shape index (κ3) is 3.69. The molecular formula is C24H20N4OS. The molecule has 0 aliphatic rings. The summed E-state index contributed by atoms with van der Waals surface area (Å²) >= 11 is 1.50. The van der Waals surface area contributed by atoms with E-state index in [4.69, 9.17) is 0 Å². The molecule has 5 nitrogen and oxygen atoms in total. The van der Waals surface area contributed by atoms with E-state index in [1.165, 1.54) is 22.3 Å². The summed E-state index contributed by atoms with van der Waals surface area (Å²) in [6, 6.07) is 22.1. The van der Waals surface area contributed by atoms with Crippen LogP contribution in [0.4, 0.5) is 5.13 Å². The van der Waals surface area contributed by atoms with E-state index in [0.717, 1.165) is 40.0 Å². The minimum absolute atomic E-state index is 0.00622. The molecule has 30 heavy (non-hydrogen) atoms. The molecule has 0 fully saturated rings. The second-order valence-corrected chi connectivity index (χ2v) is 8.16. The van der Waals surface area contributed by atoms with Gasteiger partial charge in [-0.3, -0.25) is 9.78 Å². The van der Waals surface area contributed by atoms with Gasteiger partial charge in [0.15, 0.2) is 5.13 Å². The Bertz CT molecular complexity index is 1290. The number of nitrogens with one attached hydrogen (secondary N) is 2. The fourth-order valence-corrected chi connectivity index (χ4v) is 4.60. The van der Waals surface area contributed by atoms with Gasteiger partial charge in [-0.2, -0.15) is 0 Å². The number of carbonyl (C=O) groups is 1. The van der Waals surface area contributed by atoms with Gasteiger partial charge in [-0.25, -0.2) is 4.98 Å². The van der Waals surface area contributed by atoms with Crippen LogP contribution < -0.4 is 5.32 Å². The molecule has 0 aliphatic heterocycles. The lowest BCUT2D eigenvalue weighted by atomic mass is 10.0. The van der Waals surface area contributed by atoms with Crippen molar-refractivity contribution in [3.63, 3.8) is 0 Å². The minimum atomic E-state index is -0.00622. The number of benzene rings is 2. The lowest BCUT2D eigenvalue weighted by Crippen LogP contribution is -2.11. The molecule has 0 saturated heterocycles. The van der Waals surface area contributed by atoms with E-state index >= 15 is 0 Å². The number of hydrogen-bond donors (Lipinski definition) is 2. The number of anilines is 1. The summed E-state index contributed by atoms with van der Waals surface area (Å²) in [6.07, 6.45) is 3.79. The molecule has 3 heterocycles. The van der Waals surface area contributed by atoms with Crippen molar-refractivity contribution in [2.45, 2.75) is 19.3 Å². The van der Waals surface area contributed by atoms with Crippen LogP contribution in [0, 0.1) is 0 Å². The molecule has 0 radical (unpaired) electrons. The van der Waals surface area contributed by atoms with Gasteiger partial charge in [0.05, 0.1) is 21.6 Å². The Kier molecular flexibility index (Phi) is 4.99. The van der Waals surface area contributed by atoms with Gasteiger partial charge in [-0.15, -0.1) is 0 Å². The van der Waals surface area contributed by atoms with Gasteiger partial charge in [0.1, 0.15) is 0 Å². The number of rotatable bonds is 6. The molecular weight excluding hydrogens is 392 g/mol. The summed E-state index contributed by atoms with van der Waals surface area (Å²) in [6.45, 7) is 0. The number of para-hydroxylation sites is 2. The molecule has 1 amide bonds. The summed E-state index contributed by atoms with van der Waals surface area (Å²) in [5.41, 5.74) is 5.16. The van der Waals surface area contributed by atoms with Crippen molar-refractivity contribution in [1.29, 1.82) is 0 Å². The number of H-pyrrole nitrogens is 1. The largest absolute Gasteiger partial charge is 0.353 e. The highest BCUT2D eigenvalue weighted by molar-refractivity contribution is 7.22. The maximum Gasteiger partial charge on any atom is 0.226 e. The molecule has 5 rings (SSSR count). The number of carbonyl (C=O) groups excluding carboxylic acids is 1. The van der Waals surface area contributed by atoms with E-state index in [-0.39, 0.29) is 5.91 Å². The molecule has 0 atom stereocenters. The highest BCUT2D eigenvalue weighted by Gasteiger charge is 2.14. The zero-order valence-electron chi connectivity index (χ0n) is 16.3. The lowest BCUT2D eigenvalue weighted by molar-refractivity contribution is -0.116. The molecule has 2 aromatic carbocycles. The molecule has 0 unspecified atom stereocenters. The Morgan fingerprint density at radius 2 is 1.83 bits per heavy atom. The van der Waals surface area contributed by atoms with Crippen LogP contribution in [0.25, 0.3) is 32.5 Å². The number of hydrogen-bond acceptors (Lipinski definition) is 4. The van der Waals surface area contributed by atoms with Crippen LogP contribution in [-0.4, -0.2) is 20.9 Å². The summed E-state index contributed by atoms with van der Waals surface area (Å²) < 4.78 is 1.08. The Balaban J connectivity index is 1.30. The van der Waals surface area contributed by atoms with Crippen molar-refractivity contribution in [3.05, 3.63) is 78.5 Å². The second-order valence-electron chi connectivity index (χ2n) is 7.13. The fraction of sp³-hybridized carbons (Fsp3) is 0.125. The highest BCUT2D eigenvalue weighted by Crippen LogP contribution is 2.31. The van der Waals surface area contributed by atoms with Gasteiger partial charge in [0.25, 0.3) is 0 Å². The molecule has 3 aromatic heterocycles. The van der Waals surface area contributed by atoms with Gasteiger partial charge in [0, 0.05) is 23.5 Å². The van der Waals surface area contributed by atoms with Gasteiger partial charge in [-0.05, 0) is 48.7 Å². The first-order chi connectivity index (χ1) is 14.8. The monoisotopic (exact) mass is 412 g/mol. The van der Waals surface area contributed by atoms with E-state index in [9.17, 15) is 4.79 Å². The van der Waals surface area contributed by atoms with Gasteiger partial charge < -0.3 is 10.3 Å². The minimum Gasteiger partial charge on any atom is -0.353 e. The molecule has 2 N–H and O–H groups in total.